The van der Waals surface area contributed by atoms with Gasteiger partial charge < -0.3 is 15.0 Å². The normalized spacial score (nSPS) is 10.2. The maximum absolute atomic E-state index is 13.0. The van der Waals surface area contributed by atoms with Crippen LogP contribution in [0.25, 0.3) is 0 Å². The van der Waals surface area contributed by atoms with Crippen LogP contribution in [0.3, 0.4) is 0 Å². The van der Waals surface area contributed by atoms with Crippen LogP contribution in [0, 0.1) is 5.82 Å². The minimum absolute atomic E-state index is 0.241. The zero-order chi connectivity index (χ0) is 14.4. The summed E-state index contributed by atoms with van der Waals surface area (Å²) in [6.45, 7) is 1.14. The van der Waals surface area contributed by atoms with Crippen LogP contribution >= 0.6 is 0 Å². The van der Waals surface area contributed by atoms with Crippen molar-refractivity contribution in [3.8, 4) is 5.75 Å². The lowest BCUT2D eigenvalue weighted by molar-refractivity contribution is 0.333. The molecule has 0 saturated heterocycles. The number of hydrogen-bond acceptors (Lipinski definition) is 3. The Hall–Kier alpha value is -2.23. The Labute approximate surface area is 119 Å². The molecule has 0 bridgehead atoms. The minimum atomic E-state index is -0.241. The van der Waals surface area contributed by atoms with Gasteiger partial charge in [-0.3, -0.25) is 0 Å². The van der Waals surface area contributed by atoms with Crippen LogP contribution in [0.1, 0.15) is 0 Å². The summed E-state index contributed by atoms with van der Waals surface area (Å²) < 4.78 is 18.7. The molecule has 1 N–H and O–H groups in total. The van der Waals surface area contributed by atoms with Crippen molar-refractivity contribution in [1.29, 1.82) is 0 Å². The molecular formula is C16H19FN2O. The summed E-state index contributed by atoms with van der Waals surface area (Å²) in [4.78, 5) is 2.03. The Morgan fingerprint density at radius 2 is 1.90 bits per heavy atom. The third-order valence-electron chi connectivity index (χ3n) is 2.86. The van der Waals surface area contributed by atoms with Crippen LogP contribution in [0.4, 0.5) is 15.8 Å². The number of benzene rings is 2. The fraction of sp³-hybridized carbons (Fsp3) is 0.250. The van der Waals surface area contributed by atoms with Gasteiger partial charge in [0.05, 0.1) is 0 Å². The first-order valence-electron chi connectivity index (χ1n) is 6.55. The second kappa shape index (κ2) is 6.80. The topological polar surface area (TPSA) is 24.5 Å². The van der Waals surface area contributed by atoms with Crippen molar-refractivity contribution in [1.82, 2.24) is 0 Å². The molecule has 0 saturated carbocycles. The van der Waals surface area contributed by atoms with Gasteiger partial charge in [-0.05, 0) is 30.3 Å². The molecule has 0 aromatic heterocycles. The molecule has 106 valence electrons. The highest BCUT2D eigenvalue weighted by molar-refractivity contribution is 5.49. The number of nitrogens with zero attached hydrogens (tertiary/aromatic N) is 1. The van der Waals surface area contributed by atoms with Gasteiger partial charge in [0.1, 0.15) is 18.2 Å². The fourth-order valence-electron chi connectivity index (χ4n) is 1.81. The maximum Gasteiger partial charge on any atom is 0.125 e. The highest BCUT2D eigenvalue weighted by atomic mass is 19.1. The molecule has 4 heteroatoms. The van der Waals surface area contributed by atoms with Gasteiger partial charge in [-0.1, -0.05) is 12.1 Å². The number of ether oxygens (including phenoxy) is 1. The molecule has 0 atom stereocenters. The molecule has 20 heavy (non-hydrogen) atoms. The van der Waals surface area contributed by atoms with Gasteiger partial charge in [-0.2, -0.15) is 0 Å². The van der Waals surface area contributed by atoms with Crippen LogP contribution < -0.4 is 15.0 Å². The van der Waals surface area contributed by atoms with E-state index >= 15 is 0 Å². The van der Waals surface area contributed by atoms with Crippen LogP contribution in [-0.2, 0) is 0 Å². The van der Waals surface area contributed by atoms with Crippen molar-refractivity contribution < 1.29 is 9.13 Å². The first-order chi connectivity index (χ1) is 9.65. The zero-order valence-corrected chi connectivity index (χ0v) is 11.8. The molecule has 0 radical (unpaired) electrons. The molecule has 0 unspecified atom stereocenters. The van der Waals surface area contributed by atoms with Gasteiger partial charge in [0.2, 0.25) is 0 Å². The highest BCUT2D eigenvalue weighted by Crippen LogP contribution is 2.19. The number of anilines is 2. The van der Waals surface area contributed by atoms with E-state index in [1.807, 2.05) is 49.3 Å². The summed E-state index contributed by atoms with van der Waals surface area (Å²) in [5.41, 5.74) is 1.86. The highest BCUT2D eigenvalue weighted by Gasteiger charge is 1.99. The van der Waals surface area contributed by atoms with E-state index in [1.165, 1.54) is 12.1 Å². The smallest absolute Gasteiger partial charge is 0.125 e. The quantitative estimate of drug-likeness (QED) is 0.817. The first kappa shape index (κ1) is 14.2. The van der Waals surface area contributed by atoms with Crippen molar-refractivity contribution in [2.24, 2.45) is 0 Å². The molecule has 0 aliphatic heterocycles. The summed E-state index contributed by atoms with van der Waals surface area (Å²) in [6, 6.07) is 14.3. The van der Waals surface area contributed by atoms with E-state index in [0.29, 0.717) is 13.2 Å². The van der Waals surface area contributed by atoms with Crippen LogP contribution in [-0.4, -0.2) is 27.2 Å². The Morgan fingerprint density at radius 1 is 1.10 bits per heavy atom. The van der Waals surface area contributed by atoms with Crippen molar-refractivity contribution >= 4 is 11.4 Å². The van der Waals surface area contributed by atoms with E-state index in [1.54, 1.807) is 6.07 Å². The second-order valence-electron chi connectivity index (χ2n) is 4.68. The van der Waals surface area contributed by atoms with E-state index in [9.17, 15) is 4.39 Å². The third-order valence-corrected chi connectivity index (χ3v) is 2.86. The molecule has 0 heterocycles. The van der Waals surface area contributed by atoms with Crippen molar-refractivity contribution in [3.63, 3.8) is 0 Å². The molecule has 2 rings (SSSR count). The fourth-order valence-corrected chi connectivity index (χ4v) is 1.81. The molecule has 0 fully saturated rings. The summed E-state index contributed by atoms with van der Waals surface area (Å²) in [5, 5.41) is 3.12. The molecule has 0 aliphatic carbocycles. The number of hydrogen-bond donors (Lipinski definition) is 1. The molecule has 2 aromatic carbocycles. The third kappa shape index (κ3) is 4.16. The second-order valence-corrected chi connectivity index (χ2v) is 4.68. The monoisotopic (exact) mass is 274 g/mol. The number of halogens is 1. The van der Waals surface area contributed by atoms with Gasteiger partial charge in [-0.25, -0.2) is 4.39 Å². The average molecular weight is 274 g/mol. The Kier molecular flexibility index (Phi) is 4.82. The van der Waals surface area contributed by atoms with E-state index in [2.05, 4.69) is 5.32 Å². The molecular weight excluding hydrogens is 255 g/mol. The molecule has 2 aromatic rings. The van der Waals surface area contributed by atoms with Crippen LogP contribution in [0.15, 0.2) is 48.5 Å². The predicted molar refractivity (Wildman–Crippen MR) is 81.2 cm³/mol. The van der Waals surface area contributed by atoms with E-state index in [4.69, 9.17) is 4.74 Å². The lowest BCUT2D eigenvalue weighted by Gasteiger charge is -2.14. The van der Waals surface area contributed by atoms with Gasteiger partial charge in [-0.15, -0.1) is 0 Å². The van der Waals surface area contributed by atoms with Crippen LogP contribution in [0.2, 0.25) is 0 Å². The predicted octanol–water partition coefficient (Wildman–Crippen LogP) is 3.38. The Morgan fingerprint density at radius 3 is 2.65 bits per heavy atom. The minimum Gasteiger partial charge on any atom is -0.492 e. The maximum atomic E-state index is 13.0. The SMILES string of the molecule is CN(C)c1cccc(OCCNc2cccc(F)c2)c1. The number of nitrogens with one attached hydrogen (secondary N) is 1. The lowest BCUT2D eigenvalue weighted by Crippen LogP contribution is -2.12. The van der Waals surface area contributed by atoms with Crippen LogP contribution in [0.5, 0.6) is 5.75 Å². The van der Waals surface area contributed by atoms with E-state index < -0.39 is 0 Å². The summed E-state index contributed by atoms with van der Waals surface area (Å²) in [6.07, 6.45) is 0. The molecule has 0 aliphatic rings. The van der Waals surface area contributed by atoms with E-state index in [-0.39, 0.29) is 5.82 Å². The zero-order valence-electron chi connectivity index (χ0n) is 11.8. The summed E-state index contributed by atoms with van der Waals surface area (Å²) in [7, 11) is 3.98. The van der Waals surface area contributed by atoms with Gasteiger partial charge in [0.15, 0.2) is 0 Å². The van der Waals surface area contributed by atoms with Crippen molar-refractivity contribution in [2.75, 3.05) is 37.5 Å². The van der Waals surface area contributed by atoms with Crippen molar-refractivity contribution in [3.05, 3.63) is 54.3 Å². The summed E-state index contributed by atoms with van der Waals surface area (Å²) >= 11 is 0. The van der Waals surface area contributed by atoms with Crippen molar-refractivity contribution in [2.45, 2.75) is 0 Å². The molecule has 0 amide bonds. The largest absolute Gasteiger partial charge is 0.492 e. The lowest BCUT2D eigenvalue weighted by atomic mass is 10.3. The Bertz CT molecular complexity index is 558. The van der Waals surface area contributed by atoms with Gasteiger partial charge >= 0.3 is 0 Å². The van der Waals surface area contributed by atoms with Gasteiger partial charge in [0, 0.05) is 38.1 Å². The standard InChI is InChI=1S/C16H19FN2O/c1-19(2)15-7-4-8-16(12-15)20-10-9-18-14-6-3-5-13(17)11-14/h3-8,11-12,18H,9-10H2,1-2H3. The summed E-state index contributed by atoms with van der Waals surface area (Å²) in [5.74, 6) is 0.590. The number of rotatable bonds is 6. The average Bonchev–Trinajstić information content (AvgIpc) is 2.44. The molecule has 0 spiro atoms. The van der Waals surface area contributed by atoms with E-state index in [0.717, 1.165) is 17.1 Å². The molecule has 3 nitrogen and oxygen atoms in total. The first-order valence-corrected chi connectivity index (χ1v) is 6.55. The van der Waals surface area contributed by atoms with Gasteiger partial charge in [0.25, 0.3) is 0 Å². The Balaban J connectivity index is 1.80.